The van der Waals surface area contributed by atoms with Crippen LogP contribution in [0, 0.1) is 0 Å². The van der Waals surface area contributed by atoms with Crippen molar-refractivity contribution in [1.29, 1.82) is 0 Å². The number of aliphatic imine (C=N–C) groups is 1. The predicted molar refractivity (Wildman–Crippen MR) is 119 cm³/mol. The van der Waals surface area contributed by atoms with Gasteiger partial charge in [-0.1, -0.05) is 25.1 Å². The normalized spacial score (nSPS) is 11.3. The third kappa shape index (κ3) is 6.08. The summed E-state index contributed by atoms with van der Waals surface area (Å²) in [6.45, 7) is 4.94. The molecule has 0 aliphatic rings. The van der Waals surface area contributed by atoms with Gasteiger partial charge >= 0.3 is 0 Å². The molecule has 4 N–H and O–H groups in total. The smallest absolute Gasteiger partial charge is 0.217 e. The fourth-order valence-corrected chi connectivity index (χ4v) is 3.28. The summed E-state index contributed by atoms with van der Waals surface area (Å²) in [7, 11) is 0. The molecule has 1 aromatic carbocycles. The van der Waals surface area contributed by atoms with Crippen LogP contribution < -0.4 is 21.1 Å². The van der Waals surface area contributed by atoms with Crippen molar-refractivity contribution in [3.8, 4) is 17.2 Å². The van der Waals surface area contributed by atoms with E-state index in [1.54, 1.807) is 0 Å². The Kier molecular flexibility index (Phi) is 7.45. The minimum absolute atomic E-state index is 0.109. The van der Waals surface area contributed by atoms with Crippen molar-refractivity contribution in [2.75, 3.05) is 11.9 Å². The number of hydrogen-bond donors (Lipinski definition) is 3. The fourth-order valence-electron chi connectivity index (χ4n) is 2.57. The van der Waals surface area contributed by atoms with Crippen molar-refractivity contribution in [2.24, 2.45) is 10.7 Å². The molecule has 0 fully saturated rings. The monoisotopic (exact) mass is 427 g/mol. The maximum atomic E-state index is 11.0. The summed E-state index contributed by atoms with van der Waals surface area (Å²) in [5.74, 6) is 2.26. The Labute approximate surface area is 179 Å². The summed E-state index contributed by atoms with van der Waals surface area (Å²) in [5.41, 5.74) is 7.68. The van der Waals surface area contributed by atoms with Gasteiger partial charge in [-0.25, -0.2) is 9.98 Å². The van der Waals surface area contributed by atoms with Crippen molar-refractivity contribution < 1.29 is 13.9 Å². The molecule has 3 rings (SSSR count). The zero-order valence-electron chi connectivity index (χ0n) is 17.0. The molecular formula is C21H25N5O3S. The SMILES string of the molecule is CCCOc1ccccc1CN=C(N)Nc1nc(-c2ccc(CNC(C)=O)o2)cs1. The zero-order chi connectivity index (χ0) is 21.3. The van der Waals surface area contributed by atoms with Crippen LogP contribution in [0.4, 0.5) is 5.13 Å². The van der Waals surface area contributed by atoms with Gasteiger partial charge in [0.25, 0.3) is 0 Å². The Morgan fingerprint density at radius 2 is 2.13 bits per heavy atom. The predicted octanol–water partition coefficient (Wildman–Crippen LogP) is 3.75. The van der Waals surface area contributed by atoms with Gasteiger partial charge in [0.2, 0.25) is 5.91 Å². The Morgan fingerprint density at radius 1 is 1.30 bits per heavy atom. The summed E-state index contributed by atoms with van der Waals surface area (Å²) in [4.78, 5) is 19.9. The number of carbonyl (C=O) groups is 1. The molecule has 1 amide bonds. The second-order valence-corrected chi connectivity index (χ2v) is 7.35. The molecule has 0 saturated carbocycles. The molecule has 0 spiro atoms. The number of para-hydroxylation sites is 1. The van der Waals surface area contributed by atoms with Gasteiger partial charge in [0.15, 0.2) is 16.9 Å². The second-order valence-electron chi connectivity index (χ2n) is 6.50. The van der Waals surface area contributed by atoms with Crippen molar-refractivity contribution in [3.63, 3.8) is 0 Å². The highest BCUT2D eigenvalue weighted by Crippen LogP contribution is 2.26. The van der Waals surface area contributed by atoms with Crippen LogP contribution in [-0.4, -0.2) is 23.5 Å². The quantitative estimate of drug-likeness (QED) is 0.354. The van der Waals surface area contributed by atoms with Gasteiger partial charge in [-0.15, -0.1) is 11.3 Å². The number of amides is 1. The van der Waals surface area contributed by atoms with Crippen LogP contribution in [0.3, 0.4) is 0 Å². The summed E-state index contributed by atoms with van der Waals surface area (Å²) >= 11 is 1.40. The van der Waals surface area contributed by atoms with Crippen LogP contribution in [-0.2, 0) is 17.9 Å². The first kappa shape index (κ1) is 21.4. The molecule has 9 heteroatoms. The number of aromatic nitrogens is 1. The molecule has 0 radical (unpaired) electrons. The van der Waals surface area contributed by atoms with Gasteiger partial charge < -0.3 is 25.5 Å². The van der Waals surface area contributed by atoms with Crippen molar-refractivity contribution in [2.45, 2.75) is 33.4 Å². The third-order valence-electron chi connectivity index (χ3n) is 4.02. The van der Waals surface area contributed by atoms with Gasteiger partial charge in [0.1, 0.15) is 17.2 Å². The van der Waals surface area contributed by atoms with E-state index in [0.717, 1.165) is 17.7 Å². The van der Waals surface area contributed by atoms with Crippen LogP contribution in [0.5, 0.6) is 5.75 Å². The highest BCUT2D eigenvalue weighted by molar-refractivity contribution is 7.14. The lowest BCUT2D eigenvalue weighted by molar-refractivity contribution is -0.119. The largest absolute Gasteiger partial charge is 0.493 e. The Balaban J connectivity index is 1.60. The number of guanidine groups is 1. The van der Waals surface area contributed by atoms with E-state index in [2.05, 4.69) is 27.5 Å². The summed E-state index contributed by atoms with van der Waals surface area (Å²) in [6.07, 6.45) is 0.943. The molecule has 0 saturated heterocycles. The first-order chi connectivity index (χ1) is 14.5. The molecule has 3 aromatic rings. The van der Waals surface area contributed by atoms with Gasteiger partial charge in [-0.3, -0.25) is 4.79 Å². The number of carbonyl (C=O) groups excluding carboxylic acids is 1. The number of rotatable bonds is 9. The average Bonchev–Trinajstić information content (AvgIpc) is 3.39. The first-order valence-corrected chi connectivity index (χ1v) is 10.5. The number of ether oxygens (including phenoxy) is 1. The number of benzene rings is 1. The number of furan rings is 1. The Bertz CT molecular complexity index is 1010. The minimum Gasteiger partial charge on any atom is -0.493 e. The number of nitrogens with one attached hydrogen (secondary N) is 2. The van der Waals surface area contributed by atoms with Crippen LogP contribution in [0.2, 0.25) is 0 Å². The van der Waals surface area contributed by atoms with Gasteiger partial charge in [-0.05, 0) is 24.6 Å². The number of nitrogens with zero attached hydrogens (tertiary/aromatic N) is 2. The molecule has 0 atom stereocenters. The summed E-state index contributed by atoms with van der Waals surface area (Å²) < 4.78 is 11.5. The molecule has 0 aliphatic carbocycles. The highest BCUT2D eigenvalue weighted by Gasteiger charge is 2.10. The highest BCUT2D eigenvalue weighted by atomic mass is 32.1. The molecule has 0 unspecified atom stereocenters. The lowest BCUT2D eigenvalue weighted by Crippen LogP contribution is -2.22. The van der Waals surface area contributed by atoms with Crippen molar-refractivity contribution in [1.82, 2.24) is 10.3 Å². The van der Waals surface area contributed by atoms with E-state index in [9.17, 15) is 4.79 Å². The van der Waals surface area contributed by atoms with E-state index in [1.165, 1.54) is 18.3 Å². The second kappa shape index (κ2) is 10.4. The first-order valence-electron chi connectivity index (χ1n) is 9.62. The summed E-state index contributed by atoms with van der Waals surface area (Å²) in [6, 6.07) is 11.4. The van der Waals surface area contributed by atoms with E-state index < -0.39 is 0 Å². The average molecular weight is 428 g/mol. The third-order valence-corrected chi connectivity index (χ3v) is 4.78. The fraction of sp³-hybridized carbons (Fsp3) is 0.286. The molecule has 2 heterocycles. The zero-order valence-corrected chi connectivity index (χ0v) is 17.8. The Hall–Kier alpha value is -3.33. The standard InChI is InChI=1S/C21H25N5O3S/c1-3-10-28-18-7-5-4-6-15(18)11-24-20(22)26-21-25-17(13-30-21)19-9-8-16(29-19)12-23-14(2)27/h4-9,13H,3,10-12H2,1-2H3,(H,23,27)(H3,22,24,25,26). The summed E-state index contributed by atoms with van der Waals surface area (Å²) in [5, 5.41) is 8.18. The van der Waals surface area contributed by atoms with E-state index in [0.29, 0.717) is 42.0 Å². The van der Waals surface area contributed by atoms with Crippen LogP contribution in [0.1, 0.15) is 31.6 Å². The topological polar surface area (TPSA) is 115 Å². The maximum absolute atomic E-state index is 11.0. The number of hydrogen-bond acceptors (Lipinski definition) is 6. The lowest BCUT2D eigenvalue weighted by Gasteiger charge is -2.09. The van der Waals surface area contributed by atoms with Crippen molar-refractivity contribution in [3.05, 3.63) is 53.1 Å². The number of anilines is 1. The van der Waals surface area contributed by atoms with E-state index in [-0.39, 0.29) is 11.9 Å². The van der Waals surface area contributed by atoms with Crippen LogP contribution in [0.25, 0.3) is 11.5 Å². The van der Waals surface area contributed by atoms with Crippen LogP contribution in [0.15, 0.2) is 51.2 Å². The van der Waals surface area contributed by atoms with E-state index in [1.807, 2.05) is 41.8 Å². The molecule has 158 valence electrons. The minimum atomic E-state index is -0.109. The van der Waals surface area contributed by atoms with E-state index in [4.69, 9.17) is 14.9 Å². The molecule has 30 heavy (non-hydrogen) atoms. The van der Waals surface area contributed by atoms with Crippen LogP contribution >= 0.6 is 11.3 Å². The molecule has 0 bridgehead atoms. The lowest BCUT2D eigenvalue weighted by atomic mass is 10.2. The number of nitrogens with two attached hydrogens (primary N) is 1. The molecular weight excluding hydrogens is 402 g/mol. The van der Waals surface area contributed by atoms with Gasteiger partial charge in [0.05, 0.1) is 19.7 Å². The van der Waals surface area contributed by atoms with Gasteiger partial charge in [0, 0.05) is 17.9 Å². The van der Waals surface area contributed by atoms with Gasteiger partial charge in [-0.2, -0.15) is 0 Å². The maximum Gasteiger partial charge on any atom is 0.217 e. The Morgan fingerprint density at radius 3 is 2.93 bits per heavy atom. The van der Waals surface area contributed by atoms with E-state index >= 15 is 0 Å². The van der Waals surface area contributed by atoms with Crippen molar-refractivity contribution >= 4 is 28.3 Å². The molecule has 0 aliphatic heterocycles. The molecule has 2 aromatic heterocycles. The molecule has 8 nitrogen and oxygen atoms in total. The number of thiazole rings is 1.